The number of aromatic nitrogens is 1. The molecule has 7 nitrogen and oxygen atoms in total. The fraction of sp³-hybridized carbons (Fsp3) is 0.320. The molecule has 2 amide bonds. The van der Waals surface area contributed by atoms with Crippen LogP contribution in [0.25, 0.3) is 11.5 Å². The van der Waals surface area contributed by atoms with Crippen LogP contribution in [-0.4, -0.2) is 23.9 Å². The Kier molecular flexibility index (Phi) is 7.65. The molecule has 2 aromatic carbocycles. The van der Waals surface area contributed by atoms with Crippen LogP contribution in [0.5, 0.6) is 5.75 Å². The van der Waals surface area contributed by atoms with E-state index in [9.17, 15) is 9.59 Å². The van der Waals surface area contributed by atoms with E-state index in [4.69, 9.17) is 9.15 Å². The summed E-state index contributed by atoms with van der Waals surface area (Å²) in [7, 11) is 1.59. The van der Waals surface area contributed by atoms with Crippen molar-refractivity contribution in [2.24, 2.45) is 5.92 Å². The van der Waals surface area contributed by atoms with Crippen LogP contribution < -0.4 is 15.4 Å². The molecule has 0 bridgehead atoms. The van der Waals surface area contributed by atoms with Crippen molar-refractivity contribution in [2.45, 2.75) is 40.2 Å². The number of nitrogens with one attached hydrogen (secondary N) is 2. The van der Waals surface area contributed by atoms with Crippen LogP contribution in [-0.2, 0) is 22.6 Å². The quantitative estimate of drug-likeness (QED) is 0.516. The van der Waals surface area contributed by atoms with E-state index in [0.717, 1.165) is 11.1 Å². The van der Waals surface area contributed by atoms with E-state index >= 15 is 0 Å². The molecular weight excluding hydrogens is 406 g/mol. The van der Waals surface area contributed by atoms with Crippen molar-refractivity contribution in [3.63, 3.8) is 0 Å². The highest BCUT2D eigenvalue weighted by molar-refractivity contribution is 5.91. The third-order valence-electron chi connectivity index (χ3n) is 4.88. The summed E-state index contributed by atoms with van der Waals surface area (Å²) in [5.41, 5.74) is 2.92. The van der Waals surface area contributed by atoms with E-state index in [0.29, 0.717) is 35.2 Å². The zero-order valence-corrected chi connectivity index (χ0v) is 18.9. The fourth-order valence-corrected chi connectivity index (χ4v) is 3.30. The van der Waals surface area contributed by atoms with E-state index in [1.807, 2.05) is 69.3 Å². The number of benzene rings is 2. The zero-order chi connectivity index (χ0) is 23.1. The summed E-state index contributed by atoms with van der Waals surface area (Å²) in [4.78, 5) is 29.0. The summed E-state index contributed by atoms with van der Waals surface area (Å²) in [6.45, 7) is 6.07. The summed E-state index contributed by atoms with van der Waals surface area (Å²) in [5.74, 6) is 1.88. The van der Waals surface area contributed by atoms with Crippen molar-refractivity contribution in [1.29, 1.82) is 0 Å². The maximum Gasteiger partial charge on any atom is 0.226 e. The van der Waals surface area contributed by atoms with Gasteiger partial charge in [0.1, 0.15) is 17.2 Å². The van der Waals surface area contributed by atoms with Crippen LogP contribution in [0, 0.1) is 12.8 Å². The van der Waals surface area contributed by atoms with Crippen molar-refractivity contribution in [3.05, 3.63) is 65.5 Å². The van der Waals surface area contributed by atoms with Gasteiger partial charge in [0.05, 0.1) is 20.1 Å². The van der Waals surface area contributed by atoms with Crippen LogP contribution in [0.2, 0.25) is 0 Å². The maximum absolute atomic E-state index is 12.4. The first-order valence-electron chi connectivity index (χ1n) is 10.6. The Morgan fingerprint density at radius 3 is 2.62 bits per heavy atom. The zero-order valence-electron chi connectivity index (χ0n) is 18.9. The van der Waals surface area contributed by atoms with Crippen molar-refractivity contribution < 1.29 is 18.7 Å². The molecule has 7 heteroatoms. The molecule has 0 aliphatic carbocycles. The predicted octanol–water partition coefficient (Wildman–Crippen LogP) is 4.50. The van der Waals surface area contributed by atoms with Gasteiger partial charge in [0.2, 0.25) is 17.7 Å². The molecule has 1 aromatic heterocycles. The summed E-state index contributed by atoms with van der Waals surface area (Å²) >= 11 is 0. The van der Waals surface area contributed by atoms with Gasteiger partial charge in [-0.15, -0.1) is 0 Å². The maximum atomic E-state index is 12.4. The molecular formula is C25H29N3O4. The summed E-state index contributed by atoms with van der Waals surface area (Å²) in [6, 6.07) is 14.8. The van der Waals surface area contributed by atoms with Crippen molar-refractivity contribution in [1.82, 2.24) is 10.3 Å². The second-order valence-corrected chi connectivity index (χ2v) is 8.01. The van der Waals surface area contributed by atoms with Crippen LogP contribution >= 0.6 is 0 Å². The van der Waals surface area contributed by atoms with Gasteiger partial charge in [0, 0.05) is 23.2 Å². The number of carbonyl (C=O) groups is 2. The van der Waals surface area contributed by atoms with Crippen molar-refractivity contribution >= 4 is 17.5 Å². The van der Waals surface area contributed by atoms with Crippen LogP contribution in [0.4, 0.5) is 5.69 Å². The number of hydrogen-bond acceptors (Lipinski definition) is 5. The van der Waals surface area contributed by atoms with E-state index in [1.165, 1.54) is 0 Å². The molecule has 0 unspecified atom stereocenters. The fourth-order valence-electron chi connectivity index (χ4n) is 3.30. The first-order valence-corrected chi connectivity index (χ1v) is 10.6. The van der Waals surface area contributed by atoms with Gasteiger partial charge in [-0.05, 0) is 37.1 Å². The number of aryl methyl sites for hydroxylation is 1. The lowest BCUT2D eigenvalue weighted by Crippen LogP contribution is -2.25. The lowest BCUT2D eigenvalue weighted by Gasteiger charge is -2.08. The minimum atomic E-state index is -0.131. The van der Waals surface area contributed by atoms with E-state index < -0.39 is 0 Å². The number of para-hydroxylation sites is 1. The summed E-state index contributed by atoms with van der Waals surface area (Å²) in [5, 5.41) is 5.79. The molecule has 0 aliphatic rings. The molecule has 0 atom stereocenters. The predicted molar refractivity (Wildman–Crippen MR) is 123 cm³/mol. The first kappa shape index (κ1) is 23.1. The molecule has 0 fully saturated rings. The molecule has 32 heavy (non-hydrogen) atoms. The number of oxazole rings is 1. The van der Waals surface area contributed by atoms with Gasteiger partial charge < -0.3 is 19.8 Å². The Balaban J connectivity index is 1.64. The number of ether oxygens (including phenoxy) is 1. The lowest BCUT2D eigenvalue weighted by molar-refractivity contribution is -0.120. The van der Waals surface area contributed by atoms with Crippen molar-refractivity contribution in [2.75, 3.05) is 12.4 Å². The Hall–Kier alpha value is -3.61. The van der Waals surface area contributed by atoms with E-state index in [2.05, 4.69) is 15.6 Å². The molecule has 0 saturated heterocycles. The van der Waals surface area contributed by atoms with E-state index in [-0.39, 0.29) is 30.7 Å². The minimum absolute atomic E-state index is 0.0285. The Morgan fingerprint density at radius 1 is 1.09 bits per heavy atom. The largest absolute Gasteiger partial charge is 0.496 e. The topological polar surface area (TPSA) is 93.5 Å². The second-order valence-electron chi connectivity index (χ2n) is 8.01. The number of nitrogens with zero attached hydrogens (tertiary/aromatic N) is 1. The monoisotopic (exact) mass is 435 g/mol. The van der Waals surface area contributed by atoms with Crippen molar-refractivity contribution in [3.8, 4) is 17.2 Å². The SMILES string of the molecule is COc1ccccc1CC(=O)NCc1nc(-c2cccc(NC(=O)CC(C)C)c2)oc1C. The number of amides is 2. The molecule has 3 aromatic rings. The second kappa shape index (κ2) is 10.6. The molecule has 0 spiro atoms. The van der Waals surface area contributed by atoms with Gasteiger partial charge in [0.25, 0.3) is 0 Å². The highest BCUT2D eigenvalue weighted by Gasteiger charge is 2.14. The molecule has 2 N–H and O–H groups in total. The standard InChI is InChI=1S/C25H29N3O4/c1-16(2)12-24(30)27-20-10-7-9-19(13-20)25-28-21(17(3)32-25)15-26-23(29)14-18-8-5-6-11-22(18)31-4/h5-11,13,16H,12,14-15H2,1-4H3,(H,26,29)(H,27,30). The molecule has 168 valence electrons. The first-order chi connectivity index (χ1) is 15.4. The van der Waals surface area contributed by atoms with Crippen LogP contribution in [0.1, 0.15) is 37.3 Å². The van der Waals surface area contributed by atoms with Gasteiger partial charge in [-0.1, -0.05) is 38.1 Å². The third-order valence-corrected chi connectivity index (χ3v) is 4.88. The number of hydrogen-bond donors (Lipinski definition) is 2. The van der Waals surface area contributed by atoms with Gasteiger partial charge in [-0.25, -0.2) is 4.98 Å². The Morgan fingerprint density at radius 2 is 1.88 bits per heavy atom. The highest BCUT2D eigenvalue weighted by atomic mass is 16.5. The number of carbonyl (C=O) groups excluding carboxylic acids is 2. The lowest BCUT2D eigenvalue weighted by atomic mass is 10.1. The Labute approximate surface area is 188 Å². The minimum Gasteiger partial charge on any atom is -0.496 e. The van der Waals surface area contributed by atoms with Crippen LogP contribution in [0.15, 0.2) is 52.9 Å². The van der Waals surface area contributed by atoms with Gasteiger partial charge in [0.15, 0.2) is 0 Å². The van der Waals surface area contributed by atoms with Gasteiger partial charge in [-0.2, -0.15) is 0 Å². The molecule has 0 saturated carbocycles. The molecule has 0 radical (unpaired) electrons. The van der Waals surface area contributed by atoms with Crippen LogP contribution in [0.3, 0.4) is 0 Å². The van der Waals surface area contributed by atoms with Gasteiger partial charge in [-0.3, -0.25) is 9.59 Å². The highest BCUT2D eigenvalue weighted by Crippen LogP contribution is 2.25. The Bertz CT molecular complexity index is 1090. The number of anilines is 1. The summed E-state index contributed by atoms with van der Waals surface area (Å²) in [6.07, 6.45) is 0.674. The average Bonchev–Trinajstić information content (AvgIpc) is 3.13. The number of rotatable bonds is 9. The third kappa shape index (κ3) is 6.20. The normalized spacial score (nSPS) is 10.8. The summed E-state index contributed by atoms with van der Waals surface area (Å²) < 4.78 is 11.1. The number of methoxy groups -OCH3 is 1. The smallest absolute Gasteiger partial charge is 0.226 e. The average molecular weight is 436 g/mol. The van der Waals surface area contributed by atoms with E-state index in [1.54, 1.807) is 7.11 Å². The van der Waals surface area contributed by atoms with Gasteiger partial charge >= 0.3 is 0 Å². The molecule has 1 heterocycles. The molecule has 3 rings (SSSR count). The molecule has 0 aliphatic heterocycles.